The molecule has 0 amide bonds. The van der Waals surface area contributed by atoms with E-state index < -0.39 is 0 Å². The fourth-order valence-corrected chi connectivity index (χ4v) is 2.88. The van der Waals surface area contributed by atoms with Crippen LogP contribution in [0.15, 0.2) is 83.9 Å². The second-order valence-corrected chi connectivity index (χ2v) is 8.09. The molecule has 0 aliphatic heterocycles. The van der Waals surface area contributed by atoms with Gasteiger partial charge in [-0.05, 0) is 52.9 Å². The Morgan fingerprint density at radius 3 is 2.10 bits per heavy atom. The third kappa shape index (κ3) is 5.61. The predicted molar refractivity (Wildman–Crippen MR) is 122 cm³/mol. The zero-order valence-electron chi connectivity index (χ0n) is 17.6. The molecule has 4 heteroatoms. The Hall–Kier alpha value is -3.27. The van der Waals surface area contributed by atoms with Gasteiger partial charge in [-0.2, -0.15) is 0 Å². The van der Waals surface area contributed by atoms with E-state index in [9.17, 15) is 0 Å². The van der Waals surface area contributed by atoms with Gasteiger partial charge in [0.15, 0.2) is 0 Å². The molecule has 0 atom stereocenters. The van der Waals surface area contributed by atoms with Crippen LogP contribution in [-0.2, 0) is 12.0 Å². The molecule has 0 spiro atoms. The maximum atomic E-state index is 6.22. The van der Waals surface area contributed by atoms with Gasteiger partial charge in [0, 0.05) is 12.7 Å². The number of guanidine groups is 1. The minimum Gasteiger partial charge on any atom is -0.489 e. The van der Waals surface area contributed by atoms with E-state index in [1.165, 1.54) is 5.56 Å². The molecule has 3 rings (SSSR count). The van der Waals surface area contributed by atoms with Crippen molar-refractivity contribution in [1.29, 1.82) is 0 Å². The van der Waals surface area contributed by atoms with Crippen molar-refractivity contribution in [3.8, 4) is 5.75 Å². The van der Waals surface area contributed by atoms with E-state index in [1.807, 2.05) is 78.7 Å². The summed E-state index contributed by atoms with van der Waals surface area (Å²) in [5, 5.41) is 0. The molecule has 29 heavy (non-hydrogen) atoms. The third-order valence-electron chi connectivity index (χ3n) is 4.79. The van der Waals surface area contributed by atoms with Gasteiger partial charge in [0.2, 0.25) is 5.96 Å². The van der Waals surface area contributed by atoms with Gasteiger partial charge in [-0.1, -0.05) is 63.2 Å². The maximum Gasteiger partial charge on any atom is 0.200 e. The van der Waals surface area contributed by atoms with Crippen molar-refractivity contribution in [2.75, 3.05) is 11.9 Å². The highest BCUT2D eigenvalue weighted by molar-refractivity contribution is 5.95. The molecule has 0 saturated carbocycles. The van der Waals surface area contributed by atoms with Crippen LogP contribution in [-0.4, -0.2) is 13.0 Å². The summed E-state index contributed by atoms with van der Waals surface area (Å²) in [4.78, 5) is 6.41. The number of benzene rings is 3. The summed E-state index contributed by atoms with van der Waals surface area (Å²) in [6.07, 6.45) is 0. The first-order chi connectivity index (χ1) is 13.8. The van der Waals surface area contributed by atoms with Gasteiger partial charge < -0.3 is 15.4 Å². The molecule has 0 bridgehead atoms. The Labute approximate surface area is 173 Å². The average Bonchev–Trinajstić information content (AvgIpc) is 2.72. The number of aliphatic imine (C=N–C) groups is 1. The smallest absolute Gasteiger partial charge is 0.200 e. The van der Waals surface area contributed by atoms with E-state index in [2.05, 4.69) is 37.9 Å². The predicted octanol–water partition coefficient (Wildman–Crippen LogP) is 5.65. The van der Waals surface area contributed by atoms with Crippen molar-refractivity contribution in [1.82, 2.24) is 0 Å². The molecule has 3 aromatic carbocycles. The Kier molecular flexibility index (Phi) is 6.23. The van der Waals surface area contributed by atoms with Gasteiger partial charge in [-0.3, -0.25) is 0 Å². The molecule has 150 valence electrons. The lowest BCUT2D eigenvalue weighted by Gasteiger charge is -2.20. The van der Waals surface area contributed by atoms with Gasteiger partial charge in [0.05, 0.1) is 5.69 Å². The van der Waals surface area contributed by atoms with Gasteiger partial charge in [0.1, 0.15) is 12.4 Å². The lowest BCUT2D eigenvalue weighted by molar-refractivity contribution is 0.306. The summed E-state index contributed by atoms with van der Waals surface area (Å²) in [7, 11) is 1.90. The van der Waals surface area contributed by atoms with Crippen LogP contribution in [0.4, 0.5) is 11.4 Å². The second-order valence-electron chi connectivity index (χ2n) is 8.09. The summed E-state index contributed by atoms with van der Waals surface area (Å²) in [5.41, 5.74) is 10.5. The first-order valence-electron chi connectivity index (χ1n) is 9.78. The fraction of sp³-hybridized carbons (Fsp3) is 0.240. The number of ether oxygens (including phenoxy) is 1. The molecule has 3 aromatic rings. The van der Waals surface area contributed by atoms with E-state index in [0.717, 1.165) is 22.7 Å². The van der Waals surface area contributed by atoms with Crippen LogP contribution in [0.1, 0.15) is 31.9 Å². The molecule has 0 aromatic heterocycles. The monoisotopic (exact) mass is 387 g/mol. The average molecular weight is 388 g/mol. The number of nitrogens with two attached hydrogens (primary N) is 1. The Bertz CT molecular complexity index is 940. The highest BCUT2D eigenvalue weighted by Gasteiger charge is 2.13. The van der Waals surface area contributed by atoms with Crippen LogP contribution >= 0.6 is 0 Å². The lowest BCUT2D eigenvalue weighted by atomic mass is 9.87. The molecule has 0 fully saturated rings. The highest BCUT2D eigenvalue weighted by Crippen LogP contribution is 2.25. The number of rotatable bonds is 5. The Morgan fingerprint density at radius 1 is 0.897 bits per heavy atom. The normalized spacial score (nSPS) is 11.9. The molecule has 2 N–H and O–H groups in total. The fourth-order valence-electron chi connectivity index (χ4n) is 2.88. The van der Waals surface area contributed by atoms with Crippen LogP contribution in [0.5, 0.6) is 5.75 Å². The van der Waals surface area contributed by atoms with E-state index in [1.54, 1.807) is 0 Å². The molecule has 4 nitrogen and oxygen atoms in total. The van der Waals surface area contributed by atoms with Crippen molar-refractivity contribution < 1.29 is 4.74 Å². The van der Waals surface area contributed by atoms with Crippen molar-refractivity contribution in [3.05, 3.63) is 90.0 Å². The van der Waals surface area contributed by atoms with E-state index in [-0.39, 0.29) is 5.41 Å². The van der Waals surface area contributed by atoms with Gasteiger partial charge in [-0.25, -0.2) is 4.99 Å². The largest absolute Gasteiger partial charge is 0.489 e. The Morgan fingerprint density at radius 2 is 1.52 bits per heavy atom. The maximum absolute atomic E-state index is 6.22. The summed E-state index contributed by atoms with van der Waals surface area (Å²) in [5.74, 6) is 1.26. The first-order valence-corrected chi connectivity index (χ1v) is 9.78. The van der Waals surface area contributed by atoms with Crippen molar-refractivity contribution >= 4 is 17.3 Å². The quantitative estimate of drug-likeness (QED) is 0.455. The molecule has 0 radical (unpaired) electrons. The van der Waals surface area contributed by atoms with Gasteiger partial charge in [0.25, 0.3) is 0 Å². The third-order valence-corrected chi connectivity index (χ3v) is 4.79. The minimum atomic E-state index is 0.120. The van der Waals surface area contributed by atoms with Crippen molar-refractivity contribution in [3.63, 3.8) is 0 Å². The van der Waals surface area contributed by atoms with E-state index >= 15 is 0 Å². The van der Waals surface area contributed by atoms with Gasteiger partial charge >= 0.3 is 0 Å². The van der Waals surface area contributed by atoms with Crippen LogP contribution in [0, 0.1) is 0 Å². The van der Waals surface area contributed by atoms with Crippen LogP contribution < -0.4 is 15.4 Å². The minimum absolute atomic E-state index is 0.120. The van der Waals surface area contributed by atoms with E-state index in [4.69, 9.17) is 10.5 Å². The molecule has 0 saturated heterocycles. The van der Waals surface area contributed by atoms with Crippen LogP contribution in [0.2, 0.25) is 0 Å². The highest BCUT2D eigenvalue weighted by atomic mass is 16.5. The second kappa shape index (κ2) is 8.82. The number of hydrogen-bond acceptors (Lipinski definition) is 2. The summed E-state index contributed by atoms with van der Waals surface area (Å²) >= 11 is 0. The molecule has 0 heterocycles. The summed E-state index contributed by atoms with van der Waals surface area (Å²) in [6, 6.07) is 26.2. The number of hydrogen-bond donors (Lipinski definition) is 1. The first kappa shape index (κ1) is 20.5. The number of anilines is 1. The zero-order valence-corrected chi connectivity index (χ0v) is 17.6. The standard InChI is InChI=1S/C25H29N3O/c1-25(2,3)20-10-12-21(13-11-20)27-24(26)28(4)22-14-16-23(17-15-22)29-18-19-8-6-5-7-9-19/h5-17H,18H2,1-4H3,(H2,26,27). The molecule has 0 unspecified atom stereocenters. The van der Waals surface area contributed by atoms with Crippen LogP contribution in [0.3, 0.4) is 0 Å². The SMILES string of the molecule is CN(C(N)=Nc1ccc(C(C)(C)C)cc1)c1ccc(OCc2ccccc2)cc1. The summed E-state index contributed by atoms with van der Waals surface area (Å²) < 4.78 is 5.84. The number of nitrogens with zero attached hydrogens (tertiary/aromatic N) is 2. The van der Waals surface area contributed by atoms with E-state index in [0.29, 0.717) is 12.6 Å². The topological polar surface area (TPSA) is 50.8 Å². The molecule has 0 aliphatic carbocycles. The van der Waals surface area contributed by atoms with Gasteiger partial charge in [-0.15, -0.1) is 0 Å². The molecular formula is C25H29N3O. The molecule has 0 aliphatic rings. The van der Waals surface area contributed by atoms with Crippen LogP contribution in [0.25, 0.3) is 0 Å². The lowest BCUT2D eigenvalue weighted by Crippen LogP contribution is -2.33. The molecular weight excluding hydrogens is 358 g/mol. The Balaban J connectivity index is 1.64. The van der Waals surface area contributed by atoms with Crippen molar-refractivity contribution in [2.24, 2.45) is 10.7 Å². The summed E-state index contributed by atoms with van der Waals surface area (Å²) in [6.45, 7) is 7.13. The zero-order chi connectivity index (χ0) is 20.9. The van der Waals surface area contributed by atoms with Crippen molar-refractivity contribution in [2.45, 2.75) is 32.8 Å².